The maximum atomic E-state index is 12.1. The first-order valence-electron chi connectivity index (χ1n) is 10.6. The largest absolute Gasteiger partial charge is 0.496 e. The Morgan fingerprint density at radius 1 is 1.25 bits per heavy atom. The van der Waals surface area contributed by atoms with Crippen LogP contribution >= 0.6 is 24.0 Å². The highest BCUT2D eigenvalue weighted by atomic mass is 127. The molecule has 0 aliphatic carbocycles. The Labute approximate surface area is 207 Å². The fraction of sp³-hybridized carbons (Fsp3) is 0.417. The molecule has 0 fully saturated rings. The quantitative estimate of drug-likeness (QED) is 0.313. The lowest BCUT2D eigenvalue weighted by atomic mass is 10.0. The molecule has 0 radical (unpaired) electrons. The van der Waals surface area contributed by atoms with Gasteiger partial charge in [-0.1, -0.05) is 35.9 Å². The van der Waals surface area contributed by atoms with Gasteiger partial charge in [0.1, 0.15) is 18.0 Å². The number of ether oxygens (including phenoxy) is 2. The summed E-state index contributed by atoms with van der Waals surface area (Å²) in [5, 5.41) is 6.87. The van der Waals surface area contributed by atoms with Crippen LogP contribution in [0, 0.1) is 6.92 Å². The van der Waals surface area contributed by atoms with Gasteiger partial charge in [0.2, 0.25) is 5.91 Å². The summed E-state index contributed by atoms with van der Waals surface area (Å²) in [6.07, 6.45) is 1.60. The number of nitrogens with zero attached hydrogens (tertiary/aromatic N) is 2. The number of benzene rings is 2. The number of para-hydroxylation sites is 1. The molecule has 174 valence electrons. The lowest BCUT2D eigenvalue weighted by Crippen LogP contribution is -2.42. The average Bonchev–Trinajstić information content (AvgIpc) is 2.77. The lowest BCUT2D eigenvalue weighted by Gasteiger charge is -2.28. The van der Waals surface area contributed by atoms with Gasteiger partial charge in [0.25, 0.3) is 0 Å². The zero-order valence-electron chi connectivity index (χ0n) is 19.2. The number of rotatable bonds is 7. The molecule has 0 aromatic heterocycles. The molecule has 2 aromatic rings. The summed E-state index contributed by atoms with van der Waals surface area (Å²) >= 11 is 0. The Morgan fingerprint density at radius 3 is 2.78 bits per heavy atom. The first-order chi connectivity index (χ1) is 15.0. The molecule has 1 unspecified atom stereocenters. The Bertz CT molecular complexity index is 933. The van der Waals surface area contributed by atoms with Crippen LogP contribution in [0.1, 0.15) is 29.2 Å². The molecule has 1 amide bonds. The van der Waals surface area contributed by atoms with E-state index in [9.17, 15) is 4.79 Å². The van der Waals surface area contributed by atoms with Crippen LogP contribution in [0.4, 0.5) is 0 Å². The summed E-state index contributed by atoms with van der Waals surface area (Å²) in [6.45, 7) is 3.45. The van der Waals surface area contributed by atoms with Crippen molar-refractivity contribution in [1.82, 2.24) is 15.5 Å². The first kappa shape index (κ1) is 25.8. The van der Waals surface area contributed by atoms with E-state index < -0.39 is 0 Å². The number of amides is 1. The lowest BCUT2D eigenvalue weighted by molar-refractivity contribution is -0.127. The van der Waals surface area contributed by atoms with Gasteiger partial charge in [-0.2, -0.15) is 0 Å². The summed E-state index contributed by atoms with van der Waals surface area (Å²) < 4.78 is 11.3. The minimum Gasteiger partial charge on any atom is -0.496 e. The molecule has 0 spiro atoms. The summed E-state index contributed by atoms with van der Waals surface area (Å²) in [4.78, 5) is 18.2. The summed E-state index contributed by atoms with van der Waals surface area (Å²) in [5.74, 6) is 2.33. The third kappa shape index (κ3) is 7.01. The van der Waals surface area contributed by atoms with Crippen molar-refractivity contribution in [2.75, 3.05) is 40.9 Å². The predicted octanol–water partition coefficient (Wildman–Crippen LogP) is 3.31. The number of methoxy groups -OCH3 is 1. The maximum Gasteiger partial charge on any atom is 0.243 e. The molecule has 8 heteroatoms. The maximum absolute atomic E-state index is 12.1. The Balaban J connectivity index is 0.00000363. The van der Waals surface area contributed by atoms with E-state index in [0.29, 0.717) is 19.1 Å². The van der Waals surface area contributed by atoms with Crippen LogP contribution in [-0.4, -0.2) is 57.7 Å². The highest BCUT2D eigenvalue weighted by Gasteiger charge is 2.22. The topological polar surface area (TPSA) is 75.2 Å². The third-order valence-corrected chi connectivity index (χ3v) is 5.26. The average molecular weight is 552 g/mol. The second-order valence-electron chi connectivity index (χ2n) is 7.82. The van der Waals surface area contributed by atoms with Gasteiger partial charge in [0.15, 0.2) is 5.96 Å². The summed E-state index contributed by atoms with van der Waals surface area (Å²) in [6, 6.07) is 14.3. The SMILES string of the molecule is COc1ccc(C)cc1CCNC(=NCC(=O)N(C)C)NC1CCOc2ccccc21.I. The van der Waals surface area contributed by atoms with E-state index in [1.54, 1.807) is 26.1 Å². The molecule has 32 heavy (non-hydrogen) atoms. The number of fused-ring (bicyclic) bond motifs is 1. The summed E-state index contributed by atoms with van der Waals surface area (Å²) in [5.41, 5.74) is 3.43. The van der Waals surface area contributed by atoms with Crippen LogP contribution in [0.3, 0.4) is 0 Å². The zero-order valence-corrected chi connectivity index (χ0v) is 21.5. The second-order valence-corrected chi connectivity index (χ2v) is 7.82. The van der Waals surface area contributed by atoms with Crippen molar-refractivity contribution in [2.45, 2.75) is 25.8 Å². The van der Waals surface area contributed by atoms with Gasteiger partial charge in [-0.25, -0.2) is 4.99 Å². The molecule has 0 bridgehead atoms. The van der Waals surface area contributed by atoms with Gasteiger partial charge < -0.3 is 25.0 Å². The van der Waals surface area contributed by atoms with Crippen LogP contribution in [0.25, 0.3) is 0 Å². The fourth-order valence-electron chi connectivity index (χ4n) is 3.52. The normalized spacial score (nSPS) is 15.0. The summed E-state index contributed by atoms with van der Waals surface area (Å²) in [7, 11) is 5.15. The van der Waals surface area contributed by atoms with E-state index in [0.717, 1.165) is 35.5 Å². The molecule has 1 heterocycles. The molecular formula is C24H33IN4O3. The Hall–Kier alpha value is -2.49. The van der Waals surface area contributed by atoms with Crippen LogP contribution in [-0.2, 0) is 11.2 Å². The van der Waals surface area contributed by atoms with E-state index in [-0.39, 0.29) is 42.5 Å². The Kier molecular flexibility index (Phi) is 10.1. The molecule has 2 N–H and O–H groups in total. The number of halogens is 1. The monoisotopic (exact) mass is 552 g/mol. The van der Waals surface area contributed by atoms with Gasteiger partial charge in [0, 0.05) is 32.6 Å². The first-order valence-corrected chi connectivity index (χ1v) is 10.6. The molecular weight excluding hydrogens is 519 g/mol. The van der Waals surface area contributed by atoms with Crippen molar-refractivity contribution in [2.24, 2.45) is 4.99 Å². The van der Waals surface area contributed by atoms with Gasteiger partial charge in [-0.15, -0.1) is 24.0 Å². The van der Waals surface area contributed by atoms with Crippen molar-refractivity contribution in [1.29, 1.82) is 0 Å². The number of carbonyl (C=O) groups excluding carboxylic acids is 1. The number of guanidine groups is 1. The van der Waals surface area contributed by atoms with Crippen molar-refractivity contribution in [3.8, 4) is 11.5 Å². The van der Waals surface area contributed by atoms with Crippen LogP contribution < -0.4 is 20.1 Å². The molecule has 1 atom stereocenters. The van der Waals surface area contributed by atoms with Crippen LogP contribution in [0.5, 0.6) is 11.5 Å². The van der Waals surface area contributed by atoms with Crippen molar-refractivity contribution >= 4 is 35.8 Å². The molecule has 0 saturated heterocycles. The second kappa shape index (κ2) is 12.5. The van der Waals surface area contributed by atoms with Gasteiger partial charge >= 0.3 is 0 Å². The van der Waals surface area contributed by atoms with Gasteiger partial charge in [-0.3, -0.25) is 4.79 Å². The number of aryl methyl sites for hydroxylation is 1. The highest BCUT2D eigenvalue weighted by molar-refractivity contribution is 14.0. The van der Waals surface area contributed by atoms with Crippen molar-refractivity contribution in [3.05, 3.63) is 59.2 Å². The molecule has 1 aliphatic heterocycles. The standard InChI is InChI=1S/C24H32N4O3.HI/c1-17-9-10-21(30-4)18(15-17)11-13-25-24(26-16-23(29)28(2)3)27-20-12-14-31-22-8-6-5-7-19(20)22;/h5-10,15,20H,11-14,16H2,1-4H3,(H2,25,26,27);1H. The molecule has 2 aromatic carbocycles. The minimum absolute atomic E-state index is 0. The third-order valence-electron chi connectivity index (χ3n) is 5.26. The highest BCUT2D eigenvalue weighted by Crippen LogP contribution is 2.31. The van der Waals surface area contributed by atoms with Crippen molar-refractivity contribution in [3.63, 3.8) is 0 Å². The van der Waals surface area contributed by atoms with Gasteiger partial charge in [-0.05, 0) is 31.0 Å². The zero-order chi connectivity index (χ0) is 22.2. The van der Waals surface area contributed by atoms with E-state index in [1.165, 1.54) is 5.56 Å². The number of hydrogen-bond acceptors (Lipinski definition) is 4. The number of carbonyl (C=O) groups is 1. The van der Waals surface area contributed by atoms with Gasteiger partial charge in [0.05, 0.1) is 19.8 Å². The predicted molar refractivity (Wildman–Crippen MR) is 138 cm³/mol. The number of likely N-dealkylation sites (N-methyl/N-ethyl adjacent to an activating group) is 1. The molecule has 1 aliphatic rings. The molecule has 0 saturated carbocycles. The van der Waals surface area contributed by atoms with Crippen molar-refractivity contribution < 1.29 is 14.3 Å². The Morgan fingerprint density at radius 2 is 2.03 bits per heavy atom. The number of nitrogens with one attached hydrogen (secondary N) is 2. The fourth-order valence-corrected chi connectivity index (χ4v) is 3.52. The van der Waals surface area contributed by atoms with E-state index in [1.807, 2.05) is 30.3 Å². The smallest absolute Gasteiger partial charge is 0.243 e. The minimum atomic E-state index is -0.0474. The van der Waals surface area contributed by atoms with Crippen LogP contribution in [0.2, 0.25) is 0 Å². The van der Waals surface area contributed by atoms with E-state index in [2.05, 4.69) is 34.7 Å². The van der Waals surface area contributed by atoms with E-state index >= 15 is 0 Å². The van der Waals surface area contributed by atoms with E-state index in [4.69, 9.17) is 9.47 Å². The van der Waals surface area contributed by atoms with Crippen LogP contribution in [0.15, 0.2) is 47.5 Å². The molecule has 3 rings (SSSR count). The number of aliphatic imine (C=N–C) groups is 1. The molecule has 7 nitrogen and oxygen atoms in total. The number of hydrogen-bond donors (Lipinski definition) is 2.